The largest absolute Gasteiger partial charge is 0.504 e. The van der Waals surface area contributed by atoms with Gasteiger partial charge >= 0.3 is 0 Å². The van der Waals surface area contributed by atoms with Gasteiger partial charge < -0.3 is 9.84 Å². The molecule has 0 spiro atoms. The Bertz CT molecular complexity index is 1050. The third-order valence-corrected chi connectivity index (χ3v) is 5.64. The minimum absolute atomic E-state index is 0.131. The van der Waals surface area contributed by atoms with E-state index < -0.39 is 0 Å². The van der Waals surface area contributed by atoms with Crippen LogP contribution in [-0.4, -0.2) is 17.4 Å². The molecular formula is C24H22BrFN2O2. The highest BCUT2D eigenvalue weighted by Gasteiger charge is 2.28. The topological polar surface area (TPSA) is 53.8 Å². The van der Waals surface area contributed by atoms with Crippen LogP contribution in [0.15, 0.2) is 76.2 Å². The Morgan fingerprint density at radius 3 is 2.53 bits per heavy atom. The molecule has 0 unspecified atom stereocenters. The SMILES string of the molecule is CCOc1cccc([C@H]2CC(c3ccc(Br)cc3)=N[C@H](c3ccc(F)cc3)N2)c1O. The zero-order valence-corrected chi connectivity index (χ0v) is 18.1. The van der Waals surface area contributed by atoms with Crippen LogP contribution in [0.3, 0.4) is 0 Å². The van der Waals surface area contributed by atoms with Crippen LogP contribution in [0.2, 0.25) is 0 Å². The van der Waals surface area contributed by atoms with Crippen LogP contribution in [0.1, 0.15) is 42.2 Å². The van der Waals surface area contributed by atoms with Gasteiger partial charge in [-0.25, -0.2) is 4.39 Å². The molecule has 4 nitrogen and oxygen atoms in total. The van der Waals surface area contributed by atoms with Crippen molar-refractivity contribution in [2.45, 2.75) is 25.6 Å². The lowest BCUT2D eigenvalue weighted by Gasteiger charge is -2.31. The molecule has 2 N–H and O–H groups in total. The summed E-state index contributed by atoms with van der Waals surface area (Å²) in [5.74, 6) is 0.305. The average Bonchev–Trinajstić information content (AvgIpc) is 2.76. The molecule has 4 rings (SSSR count). The maximum absolute atomic E-state index is 13.4. The normalized spacial score (nSPS) is 18.7. The van der Waals surface area contributed by atoms with E-state index in [1.54, 1.807) is 18.2 Å². The van der Waals surface area contributed by atoms with Crippen molar-refractivity contribution < 1.29 is 14.2 Å². The van der Waals surface area contributed by atoms with Gasteiger partial charge in [0.2, 0.25) is 0 Å². The van der Waals surface area contributed by atoms with Gasteiger partial charge in [-0.1, -0.05) is 52.3 Å². The van der Waals surface area contributed by atoms with Gasteiger partial charge in [-0.3, -0.25) is 10.3 Å². The summed E-state index contributed by atoms with van der Waals surface area (Å²) in [6.45, 7) is 2.35. The number of rotatable bonds is 5. The zero-order chi connectivity index (χ0) is 21.1. The first kappa shape index (κ1) is 20.6. The number of aliphatic imine (C=N–C) groups is 1. The number of benzene rings is 3. The van der Waals surface area contributed by atoms with Crippen molar-refractivity contribution in [1.29, 1.82) is 0 Å². The van der Waals surface area contributed by atoms with Crippen molar-refractivity contribution in [2.24, 2.45) is 4.99 Å². The fourth-order valence-electron chi connectivity index (χ4n) is 3.63. The zero-order valence-electron chi connectivity index (χ0n) is 16.5. The number of aromatic hydroxyl groups is 1. The number of phenols is 1. The molecule has 0 bridgehead atoms. The van der Waals surface area contributed by atoms with Crippen molar-refractivity contribution in [3.8, 4) is 11.5 Å². The summed E-state index contributed by atoms with van der Waals surface area (Å²) >= 11 is 3.47. The van der Waals surface area contributed by atoms with Crippen LogP contribution in [0.4, 0.5) is 4.39 Å². The second kappa shape index (κ2) is 8.98. The first-order valence-electron chi connectivity index (χ1n) is 9.84. The Labute approximate surface area is 183 Å². The van der Waals surface area contributed by atoms with Crippen LogP contribution < -0.4 is 10.1 Å². The fraction of sp³-hybridized carbons (Fsp3) is 0.208. The van der Waals surface area contributed by atoms with Gasteiger partial charge in [0.05, 0.1) is 6.61 Å². The van der Waals surface area contributed by atoms with Crippen LogP contribution in [0.25, 0.3) is 0 Å². The number of nitrogens with zero attached hydrogens (tertiary/aromatic N) is 1. The molecule has 0 amide bonds. The number of hydrogen-bond acceptors (Lipinski definition) is 4. The number of ether oxygens (including phenoxy) is 1. The molecule has 0 saturated heterocycles. The quantitative estimate of drug-likeness (QED) is 0.488. The lowest BCUT2D eigenvalue weighted by molar-refractivity contribution is 0.313. The molecule has 6 heteroatoms. The van der Waals surface area contributed by atoms with Crippen molar-refractivity contribution in [3.05, 3.63) is 93.7 Å². The van der Waals surface area contributed by atoms with Crippen molar-refractivity contribution in [2.75, 3.05) is 6.61 Å². The maximum atomic E-state index is 13.4. The Hall–Kier alpha value is -2.70. The first-order chi connectivity index (χ1) is 14.5. The van der Waals surface area contributed by atoms with E-state index >= 15 is 0 Å². The number of nitrogens with one attached hydrogen (secondary N) is 1. The number of phenolic OH excluding ortho intramolecular Hbond substituents is 1. The van der Waals surface area contributed by atoms with Crippen molar-refractivity contribution in [3.63, 3.8) is 0 Å². The highest BCUT2D eigenvalue weighted by atomic mass is 79.9. The molecule has 2 atom stereocenters. The van der Waals surface area contributed by atoms with Crippen molar-refractivity contribution >= 4 is 21.6 Å². The van der Waals surface area contributed by atoms with E-state index in [4.69, 9.17) is 9.73 Å². The van der Waals surface area contributed by atoms with Crippen LogP contribution in [0.5, 0.6) is 11.5 Å². The summed E-state index contributed by atoms with van der Waals surface area (Å²) in [6, 6.07) is 19.7. The second-order valence-electron chi connectivity index (χ2n) is 7.09. The summed E-state index contributed by atoms with van der Waals surface area (Å²) in [6.07, 6.45) is 0.237. The van der Waals surface area contributed by atoms with Crippen molar-refractivity contribution in [1.82, 2.24) is 5.32 Å². The van der Waals surface area contributed by atoms with Crippen LogP contribution in [0, 0.1) is 5.82 Å². The molecule has 154 valence electrons. The summed E-state index contributed by atoms with van der Waals surface area (Å²) < 4.78 is 20.0. The van der Waals surface area contributed by atoms with Gasteiger partial charge in [0.25, 0.3) is 0 Å². The molecule has 1 aliphatic heterocycles. The Balaban J connectivity index is 1.74. The lowest BCUT2D eigenvalue weighted by Crippen LogP contribution is -2.33. The molecule has 0 aromatic heterocycles. The maximum Gasteiger partial charge on any atom is 0.162 e. The summed E-state index contributed by atoms with van der Waals surface area (Å²) in [5.41, 5.74) is 3.53. The third-order valence-electron chi connectivity index (χ3n) is 5.11. The van der Waals surface area contributed by atoms with Gasteiger partial charge in [0, 0.05) is 28.2 Å². The molecule has 3 aromatic carbocycles. The van der Waals surface area contributed by atoms with E-state index in [1.165, 1.54) is 12.1 Å². The van der Waals surface area contributed by atoms with E-state index in [2.05, 4.69) is 21.2 Å². The predicted molar refractivity (Wildman–Crippen MR) is 120 cm³/mol. The van der Waals surface area contributed by atoms with Gasteiger partial charge in [0.15, 0.2) is 11.5 Å². The van der Waals surface area contributed by atoms with E-state index in [9.17, 15) is 9.50 Å². The smallest absolute Gasteiger partial charge is 0.162 e. The van der Waals surface area contributed by atoms with Crippen LogP contribution in [-0.2, 0) is 0 Å². The van der Waals surface area contributed by atoms with Gasteiger partial charge in [-0.05, 0) is 48.4 Å². The summed E-state index contributed by atoms with van der Waals surface area (Å²) in [7, 11) is 0. The highest BCUT2D eigenvalue weighted by Crippen LogP contribution is 2.39. The minimum Gasteiger partial charge on any atom is -0.504 e. The highest BCUT2D eigenvalue weighted by molar-refractivity contribution is 9.10. The van der Waals surface area contributed by atoms with Gasteiger partial charge in [-0.2, -0.15) is 0 Å². The molecule has 30 heavy (non-hydrogen) atoms. The molecule has 1 aliphatic rings. The second-order valence-corrected chi connectivity index (χ2v) is 8.00. The predicted octanol–water partition coefficient (Wildman–Crippen LogP) is 5.92. The minimum atomic E-state index is -0.363. The molecule has 0 aliphatic carbocycles. The van der Waals surface area contributed by atoms with Gasteiger partial charge in [-0.15, -0.1) is 0 Å². The molecule has 0 saturated carbocycles. The summed E-state index contributed by atoms with van der Waals surface area (Å²) in [5, 5.41) is 14.3. The van der Waals surface area contributed by atoms with Crippen LogP contribution >= 0.6 is 15.9 Å². The number of halogens is 2. The standard InChI is InChI=1S/C24H22BrFN2O2/c1-2-30-22-5-3-4-19(23(22)29)21-14-20(15-6-10-17(25)11-7-15)27-24(28-21)16-8-12-18(26)13-9-16/h3-13,21,24,28-29H,2,14H2,1H3/t21-,24+/m1/s1. The Morgan fingerprint density at radius 1 is 1.10 bits per heavy atom. The number of para-hydroxylation sites is 1. The Kier molecular flexibility index (Phi) is 6.16. The van der Waals surface area contributed by atoms with E-state index in [0.717, 1.165) is 26.9 Å². The summed E-state index contributed by atoms with van der Waals surface area (Å²) in [4.78, 5) is 4.90. The molecule has 1 heterocycles. The third kappa shape index (κ3) is 4.40. The first-order valence-corrected chi connectivity index (χ1v) is 10.6. The lowest BCUT2D eigenvalue weighted by atomic mass is 9.93. The number of hydrogen-bond donors (Lipinski definition) is 2. The molecular weight excluding hydrogens is 447 g/mol. The monoisotopic (exact) mass is 468 g/mol. The Morgan fingerprint density at radius 2 is 1.83 bits per heavy atom. The van der Waals surface area contributed by atoms with Gasteiger partial charge in [0.1, 0.15) is 12.0 Å². The van der Waals surface area contributed by atoms with E-state index in [1.807, 2.05) is 43.3 Å². The van der Waals surface area contributed by atoms with E-state index in [0.29, 0.717) is 18.8 Å². The molecule has 0 fully saturated rings. The molecule has 0 radical (unpaired) electrons. The average molecular weight is 469 g/mol. The van der Waals surface area contributed by atoms with E-state index in [-0.39, 0.29) is 23.8 Å². The fourth-order valence-corrected chi connectivity index (χ4v) is 3.90. The molecule has 3 aromatic rings.